The van der Waals surface area contributed by atoms with E-state index in [0.717, 1.165) is 17.7 Å². The molecule has 1 aromatic carbocycles. The number of hydrogen-bond acceptors (Lipinski definition) is 2. The summed E-state index contributed by atoms with van der Waals surface area (Å²) in [6.45, 7) is 3.77. The summed E-state index contributed by atoms with van der Waals surface area (Å²) in [7, 11) is 0. The molecule has 1 heterocycles. The van der Waals surface area contributed by atoms with Crippen molar-refractivity contribution in [1.82, 2.24) is 10.3 Å². The van der Waals surface area contributed by atoms with Crippen LogP contribution >= 0.6 is 0 Å². The SMILES string of the molecule is CC(N[C@@H](C)c1cccnc1)c1cc(F)ccc1F. The predicted octanol–water partition coefficient (Wildman–Crippen LogP) is 3.77. The van der Waals surface area contributed by atoms with E-state index >= 15 is 0 Å². The Kier molecular flexibility index (Phi) is 4.22. The molecule has 0 saturated carbocycles. The van der Waals surface area contributed by atoms with Crippen molar-refractivity contribution >= 4 is 0 Å². The highest BCUT2D eigenvalue weighted by atomic mass is 19.1. The molecule has 4 heteroatoms. The molecule has 2 aromatic rings. The summed E-state index contributed by atoms with van der Waals surface area (Å²) in [6.07, 6.45) is 3.46. The van der Waals surface area contributed by atoms with Crippen LogP contribution in [0.3, 0.4) is 0 Å². The van der Waals surface area contributed by atoms with Crippen LogP contribution in [0.1, 0.15) is 37.1 Å². The molecule has 0 spiro atoms. The van der Waals surface area contributed by atoms with Crippen LogP contribution in [0.15, 0.2) is 42.7 Å². The van der Waals surface area contributed by atoms with Gasteiger partial charge in [0.1, 0.15) is 11.6 Å². The first kappa shape index (κ1) is 13.6. The second-order valence-electron chi connectivity index (χ2n) is 4.56. The highest BCUT2D eigenvalue weighted by Crippen LogP contribution is 2.21. The van der Waals surface area contributed by atoms with Crippen LogP contribution < -0.4 is 5.32 Å². The third kappa shape index (κ3) is 3.35. The summed E-state index contributed by atoms with van der Waals surface area (Å²) < 4.78 is 26.8. The molecular weight excluding hydrogens is 246 g/mol. The molecule has 2 nitrogen and oxygen atoms in total. The van der Waals surface area contributed by atoms with Gasteiger partial charge >= 0.3 is 0 Å². The van der Waals surface area contributed by atoms with Crippen LogP contribution in [0.2, 0.25) is 0 Å². The van der Waals surface area contributed by atoms with Crippen molar-refractivity contribution in [2.24, 2.45) is 0 Å². The number of rotatable bonds is 4. The van der Waals surface area contributed by atoms with Crippen molar-refractivity contribution in [3.8, 4) is 0 Å². The molecule has 0 bridgehead atoms. The minimum Gasteiger partial charge on any atom is -0.303 e. The maximum absolute atomic E-state index is 13.7. The number of pyridine rings is 1. The molecule has 1 aromatic heterocycles. The lowest BCUT2D eigenvalue weighted by Gasteiger charge is -2.21. The van der Waals surface area contributed by atoms with Gasteiger partial charge in [0.25, 0.3) is 0 Å². The van der Waals surface area contributed by atoms with E-state index in [1.807, 2.05) is 26.0 Å². The molecule has 0 aliphatic heterocycles. The van der Waals surface area contributed by atoms with Crippen molar-refractivity contribution < 1.29 is 8.78 Å². The molecule has 1 unspecified atom stereocenters. The lowest BCUT2D eigenvalue weighted by atomic mass is 10.0. The number of aromatic nitrogens is 1. The van der Waals surface area contributed by atoms with Crippen LogP contribution in [0.5, 0.6) is 0 Å². The average molecular weight is 262 g/mol. The van der Waals surface area contributed by atoms with Crippen molar-refractivity contribution in [3.63, 3.8) is 0 Å². The largest absolute Gasteiger partial charge is 0.303 e. The highest BCUT2D eigenvalue weighted by Gasteiger charge is 2.15. The molecular formula is C15H16F2N2. The molecule has 0 aliphatic rings. The lowest BCUT2D eigenvalue weighted by Crippen LogP contribution is -2.23. The summed E-state index contributed by atoms with van der Waals surface area (Å²) in [5.41, 5.74) is 1.34. The summed E-state index contributed by atoms with van der Waals surface area (Å²) in [4.78, 5) is 4.04. The van der Waals surface area contributed by atoms with E-state index < -0.39 is 11.6 Å². The van der Waals surface area contributed by atoms with Crippen molar-refractivity contribution in [2.45, 2.75) is 25.9 Å². The summed E-state index contributed by atoms with van der Waals surface area (Å²) in [5, 5.41) is 3.23. The minimum absolute atomic E-state index is 0.00590. The van der Waals surface area contributed by atoms with Gasteiger partial charge < -0.3 is 5.32 Å². The third-order valence-corrected chi connectivity index (χ3v) is 3.11. The first-order valence-electron chi connectivity index (χ1n) is 6.19. The average Bonchev–Trinajstić information content (AvgIpc) is 2.42. The first-order chi connectivity index (χ1) is 9.08. The van der Waals surface area contributed by atoms with Gasteiger partial charge in [0.05, 0.1) is 0 Å². The second kappa shape index (κ2) is 5.89. The van der Waals surface area contributed by atoms with Gasteiger partial charge in [0, 0.05) is 30.0 Å². The number of nitrogens with zero attached hydrogens (tertiary/aromatic N) is 1. The number of hydrogen-bond donors (Lipinski definition) is 1. The van der Waals surface area contributed by atoms with E-state index in [2.05, 4.69) is 10.3 Å². The monoisotopic (exact) mass is 262 g/mol. The molecule has 19 heavy (non-hydrogen) atoms. The Morgan fingerprint density at radius 2 is 1.89 bits per heavy atom. The zero-order valence-corrected chi connectivity index (χ0v) is 10.9. The molecule has 1 N–H and O–H groups in total. The van der Waals surface area contributed by atoms with Crippen LogP contribution in [0, 0.1) is 11.6 Å². The van der Waals surface area contributed by atoms with Gasteiger partial charge in [-0.25, -0.2) is 8.78 Å². The van der Waals surface area contributed by atoms with E-state index in [9.17, 15) is 8.78 Å². The molecule has 0 saturated heterocycles. The zero-order valence-electron chi connectivity index (χ0n) is 10.9. The molecule has 100 valence electrons. The maximum Gasteiger partial charge on any atom is 0.128 e. The summed E-state index contributed by atoms with van der Waals surface area (Å²) >= 11 is 0. The lowest BCUT2D eigenvalue weighted by molar-refractivity contribution is 0.469. The van der Waals surface area contributed by atoms with Gasteiger partial charge in [-0.3, -0.25) is 4.98 Å². The predicted molar refractivity (Wildman–Crippen MR) is 70.6 cm³/mol. The van der Waals surface area contributed by atoms with Gasteiger partial charge in [-0.05, 0) is 43.7 Å². The highest BCUT2D eigenvalue weighted by molar-refractivity contribution is 5.23. The van der Waals surface area contributed by atoms with E-state index in [4.69, 9.17) is 0 Å². The first-order valence-corrected chi connectivity index (χ1v) is 6.19. The Balaban J connectivity index is 2.13. The molecule has 0 fully saturated rings. The van der Waals surface area contributed by atoms with Gasteiger partial charge in [-0.15, -0.1) is 0 Å². The molecule has 2 atom stereocenters. The Labute approximate surface area is 111 Å². The van der Waals surface area contributed by atoms with E-state index in [1.54, 1.807) is 12.4 Å². The molecule has 0 radical (unpaired) electrons. The van der Waals surface area contributed by atoms with Gasteiger partial charge in [0.2, 0.25) is 0 Å². The van der Waals surface area contributed by atoms with Gasteiger partial charge in [-0.1, -0.05) is 6.07 Å². The zero-order chi connectivity index (χ0) is 13.8. The number of nitrogens with one attached hydrogen (secondary N) is 1. The van der Waals surface area contributed by atoms with Crippen molar-refractivity contribution in [1.29, 1.82) is 0 Å². The van der Waals surface area contributed by atoms with Gasteiger partial charge in [-0.2, -0.15) is 0 Å². The smallest absolute Gasteiger partial charge is 0.128 e. The van der Waals surface area contributed by atoms with Crippen LogP contribution in [-0.4, -0.2) is 4.98 Å². The fourth-order valence-corrected chi connectivity index (χ4v) is 2.04. The fraction of sp³-hybridized carbons (Fsp3) is 0.267. The summed E-state index contributed by atoms with van der Waals surface area (Å²) in [6, 6.07) is 7.01. The minimum atomic E-state index is -0.431. The Morgan fingerprint density at radius 1 is 1.11 bits per heavy atom. The Morgan fingerprint density at radius 3 is 2.58 bits per heavy atom. The van der Waals surface area contributed by atoms with E-state index in [-0.39, 0.29) is 12.1 Å². The van der Waals surface area contributed by atoms with Crippen LogP contribution in [0.4, 0.5) is 8.78 Å². The van der Waals surface area contributed by atoms with E-state index in [0.29, 0.717) is 5.56 Å². The molecule has 2 rings (SSSR count). The van der Waals surface area contributed by atoms with Gasteiger partial charge in [0.15, 0.2) is 0 Å². The normalized spacial score (nSPS) is 14.1. The Bertz CT molecular complexity index is 543. The Hall–Kier alpha value is -1.81. The quantitative estimate of drug-likeness (QED) is 0.907. The number of halogens is 2. The summed E-state index contributed by atoms with van der Waals surface area (Å²) in [5.74, 6) is -0.834. The third-order valence-electron chi connectivity index (χ3n) is 3.11. The molecule has 0 amide bonds. The van der Waals surface area contributed by atoms with Crippen molar-refractivity contribution in [3.05, 3.63) is 65.5 Å². The fourth-order valence-electron chi connectivity index (χ4n) is 2.04. The van der Waals surface area contributed by atoms with Crippen molar-refractivity contribution in [2.75, 3.05) is 0 Å². The molecule has 0 aliphatic carbocycles. The van der Waals surface area contributed by atoms with Crippen LogP contribution in [-0.2, 0) is 0 Å². The maximum atomic E-state index is 13.7. The van der Waals surface area contributed by atoms with E-state index in [1.165, 1.54) is 6.07 Å². The number of benzene rings is 1. The topological polar surface area (TPSA) is 24.9 Å². The standard InChI is InChI=1S/C15H16F2N2/c1-10(12-4-3-7-18-9-12)19-11(2)14-8-13(16)5-6-15(14)17/h3-11,19H,1-2H3/t10-,11?/m0/s1. The second-order valence-corrected chi connectivity index (χ2v) is 4.56. The van der Waals surface area contributed by atoms with Crippen LogP contribution in [0.25, 0.3) is 0 Å².